The van der Waals surface area contributed by atoms with Crippen LogP contribution in [-0.4, -0.2) is 36.5 Å². The van der Waals surface area contributed by atoms with Crippen LogP contribution in [0.25, 0.3) is 0 Å². The number of nitrogens with one attached hydrogen (secondary N) is 1. The molecule has 0 aliphatic carbocycles. The lowest BCUT2D eigenvalue weighted by Gasteiger charge is -2.28. The van der Waals surface area contributed by atoms with Crippen LogP contribution in [0.3, 0.4) is 0 Å². The molecule has 0 radical (unpaired) electrons. The van der Waals surface area contributed by atoms with E-state index in [1.807, 2.05) is 0 Å². The third kappa shape index (κ3) is 4.14. The van der Waals surface area contributed by atoms with Gasteiger partial charge in [0.05, 0.1) is 0 Å². The average Bonchev–Trinajstić information content (AvgIpc) is 2.66. The van der Waals surface area contributed by atoms with Gasteiger partial charge in [0.2, 0.25) is 5.91 Å². The summed E-state index contributed by atoms with van der Waals surface area (Å²) < 4.78 is 0. The maximum Gasteiger partial charge on any atom is 0.223 e. The first-order valence-corrected chi connectivity index (χ1v) is 6.77. The van der Waals surface area contributed by atoms with Crippen LogP contribution in [-0.2, 0) is 4.79 Å². The highest BCUT2D eigenvalue weighted by molar-refractivity contribution is 5.85. The Hall–Kier alpha value is -0.280. The van der Waals surface area contributed by atoms with Crippen molar-refractivity contribution in [2.75, 3.05) is 19.6 Å². The number of carbonyl (C=O) groups is 1. The summed E-state index contributed by atoms with van der Waals surface area (Å²) in [4.78, 5) is 14.3. The number of nitrogens with zero attached hydrogens (tertiary/aromatic N) is 1. The molecule has 2 aliphatic heterocycles. The molecule has 4 heteroatoms. The molecular formula is C13H25ClN2O. The summed E-state index contributed by atoms with van der Waals surface area (Å²) >= 11 is 0. The number of hydrogen-bond acceptors (Lipinski definition) is 2. The lowest BCUT2D eigenvalue weighted by molar-refractivity contribution is -0.134. The normalized spacial score (nSPS) is 29.6. The molecule has 2 heterocycles. The van der Waals surface area contributed by atoms with Crippen molar-refractivity contribution in [3.63, 3.8) is 0 Å². The Morgan fingerprint density at radius 3 is 2.82 bits per heavy atom. The van der Waals surface area contributed by atoms with Gasteiger partial charge in [-0.3, -0.25) is 4.79 Å². The van der Waals surface area contributed by atoms with Crippen LogP contribution < -0.4 is 5.32 Å². The van der Waals surface area contributed by atoms with E-state index < -0.39 is 0 Å². The summed E-state index contributed by atoms with van der Waals surface area (Å²) in [7, 11) is 0. The second-order valence-corrected chi connectivity index (χ2v) is 5.35. The van der Waals surface area contributed by atoms with E-state index in [1.165, 1.54) is 32.1 Å². The van der Waals surface area contributed by atoms with Gasteiger partial charge in [0.1, 0.15) is 0 Å². The van der Waals surface area contributed by atoms with Crippen LogP contribution in [0, 0.1) is 5.92 Å². The zero-order chi connectivity index (χ0) is 11.4. The van der Waals surface area contributed by atoms with Gasteiger partial charge in [-0.1, -0.05) is 12.8 Å². The Kier molecular flexibility index (Phi) is 6.28. The van der Waals surface area contributed by atoms with Gasteiger partial charge in [-0.05, 0) is 45.2 Å². The van der Waals surface area contributed by atoms with Crippen molar-refractivity contribution >= 4 is 18.3 Å². The van der Waals surface area contributed by atoms with E-state index in [9.17, 15) is 4.79 Å². The fourth-order valence-electron chi connectivity index (χ4n) is 2.90. The molecule has 0 aromatic heterocycles. The van der Waals surface area contributed by atoms with E-state index in [2.05, 4.69) is 17.1 Å². The van der Waals surface area contributed by atoms with E-state index in [1.54, 1.807) is 0 Å². The quantitative estimate of drug-likeness (QED) is 0.826. The van der Waals surface area contributed by atoms with Crippen molar-refractivity contribution in [2.24, 2.45) is 5.92 Å². The summed E-state index contributed by atoms with van der Waals surface area (Å²) in [6, 6.07) is 0.462. The molecule has 100 valence electrons. The fraction of sp³-hybridized carbons (Fsp3) is 0.923. The van der Waals surface area contributed by atoms with Gasteiger partial charge < -0.3 is 10.2 Å². The molecule has 2 unspecified atom stereocenters. The van der Waals surface area contributed by atoms with Crippen LogP contribution in [0.15, 0.2) is 0 Å². The summed E-state index contributed by atoms with van der Waals surface area (Å²) in [5.41, 5.74) is 0. The van der Waals surface area contributed by atoms with E-state index in [0.717, 1.165) is 26.1 Å². The van der Waals surface area contributed by atoms with Gasteiger partial charge in [-0.2, -0.15) is 0 Å². The number of likely N-dealkylation sites (tertiary alicyclic amines) is 1. The molecular weight excluding hydrogens is 236 g/mol. The molecule has 3 nitrogen and oxygen atoms in total. The second kappa shape index (κ2) is 7.22. The lowest BCUT2D eigenvalue weighted by Crippen LogP contribution is -2.39. The topological polar surface area (TPSA) is 32.3 Å². The highest BCUT2D eigenvalue weighted by Gasteiger charge is 2.25. The maximum absolute atomic E-state index is 12.2. The highest BCUT2D eigenvalue weighted by atomic mass is 35.5. The molecule has 17 heavy (non-hydrogen) atoms. The number of rotatable bonds is 2. The molecule has 1 amide bonds. The van der Waals surface area contributed by atoms with Crippen LogP contribution >= 0.6 is 12.4 Å². The van der Waals surface area contributed by atoms with Crippen molar-refractivity contribution in [1.29, 1.82) is 0 Å². The summed E-state index contributed by atoms with van der Waals surface area (Å²) in [5, 5.41) is 3.33. The van der Waals surface area contributed by atoms with E-state index in [0.29, 0.717) is 17.9 Å². The molecule has 2 fully saturated rings. The zero-order valence-corrected chi connectivity index (χ0v) is 11.6. The smallest absolute Gasteiger partial charge is 0.223 e. The minimum atomic E-state index is 0. The van der Waals surface area contributed by atoms with Gasteiger partial charge >= 0.3 is 0 Å². The van der Waals surface area contributed by atoms with Crippen molar-refractivity contribution in [3.05, 3.63) is 0 Å². The van der Waals surface area contributed by atoms with Crippen LogP contribution in [0.2, 0.25) is 0 Å². The molecule has 0 aromatic rings. The van der Waals surface area contributed by atoms with Crippen molar-refractivity contribution in [3.8, 4) is 0 Å². The number of halogens is 1. The number of hydrogen-bond donors (Lipinski definition) is 1. The molecule has 2 atom stereocenters. The van der Waals surface area contributed by atoms with Crippen LogP contribution in [0.5, 0.6) is 0 Å². The minimum Gasteiger partial charge on any atom is -0.340 e. The first kappa shape index (κ1) is 14.8. The molecule has 1 N–H and O–H groups in total. The molecule has 0 spiro atoms. The minimum absolute atomic E-state index is 0. The zero-order valence-electron chi connectivity index (χ0n) is 10.8. The first-order chi connectivity index (χ1) is 7.77. The summed E-state index contributed by atoms with van der Waals surface area (Å²) in [5.74, 6) is 0.978. The average molecular weight is 261 g/mol. The van der Waals surface area contributed by atoms with E-state index in [4.69, 9.17) is 0 Å². The van der Waals surface area contributed by atoms with Crippen molar-refractivity contribution in [2.45, 2.75) is 51.5 Å². The Morgan fingerprint density at radius 2 is 2.12 bits per heavy atom. The van der Waals surface area contributed by atoms with Gasteiger partial charge in [0.25, 0.3) is 0 Å². The molecule has 2 rings (SSSR count). The molecule has 0 saturated carbocycles. The largest absolute Gasteiger partial charge is 0.340 e. The van der Waals surface area contributed by atoms with E-state index in [-0.39, 0.29) is 12.4 Å². The fourth-order valence-corrected chi connectivity index (χ4v) is 2.90. The third-order valence-electron chi connectivity index (χ3n) is 4.00. The van der Waals surface area contributed by atoms with Gasteiger partial charge in [-0.15, -0.1) is 12.4 Å². The molecule has 0 aromatic carbocycles. The third-order valence-corrected chi connectivity index (χ3v) is 4.00. The summed E-state index contributed by atoms with van der Waals surface area (Å²) in [6.45, 7) is 5.32. The standard InChI is InChI=1S/C13H24N2O.ClH/c1-11-5-3-2-4-8-15(11)13(16)9-12-6-7-14-10-12;/h11-12,14H,2-10H2,1H3;1H. The summed E-state index contributed by atoms with van der Waals surface area (Å²) in [6.07, 6.45) is 6.90. The molecule has 2 saturated heterocycles. The SMILES string of the molecule is CC1CCCCCN1C(=O)CC1CCNC1.Cl. The van der Waals surface area contributed by atoms with Crippen molar-refractivity contribution in [1.82, 2.24) is 10.2 Å². The first-order valence-electron chi connectivity index (χ1n) is 6.77. The Balaban J connectivity index is 0.00000144. The monoisotopic (exact) mass is 260 g/mol. The van der Waals surface area contributed by atoms with E-state index >= 15 is 0 Å². The predicted molar refractivity (Wildman–Crippen MR) is 72.5 cm³/mol. The Bertz CT molecular complexity index is 242. The van der Waals surface area contributed by atoms with Crippen LogP contribution in [0.4, 0.5) is 0 Å². The second-order valence-electron chi connectivity index (χ2n) is 5.35. The van der Waals surface area contributed by atoms with Gasteiger partial charge in [0, 0.05) is 19.0 Å². The molecule has 2 aliphatic rings. The van der Waals surface area contributed by atoms with Crippen LogP contribution in [0.1, 0.15) is 45.4 Å². The Morgan fingerprint density at radius 1 is 1.29 bits per heavy atom. The highest BCUT2D eigenvalue weighted by Crippen LogP contribution is 2.20. The Labute approximate surface area is 111 Å². The van der Waals surface area contributed by atoms with Crippen molar-refractivity contribution < 1.29 is 4.79 Å². The van der Waals surface area contributed by atoms with Gasteiger partial charge in [0.15, 0.2) is 0 Å². The molecule has 0 bridgehead atoms. The predicted octanol–water partition coefficient (Wildman–Crippen LogP) is 2.20. The lowest BCUT2D eigenvalue weighted by atomic mass is 10.0. The number of amides is 1. The number of carbonyl (C=O) groups excluding carboxylic acids is 1. The maximum atomic E-state index is 12.2. The van der Waals surface area contributed by atoms with Gasteiger partial charge in [-0.25, -0.2) is 0 Å².